The van der Waals surface area contributed by atoms with Crippen molar-refractivity contribution < 1.29 is 32.6 Å². The van der Waals surface area contributed by atoms with E-state index in [1.807, 2.05) is 0 Å². The molecule has 25 heavy (non-hydrogen) atoms. The Morgan fingerprint density at radius 1 is 1.28 bits per heavy atom. The number of carbonyl (C=O) groups is 3. The van der Waals surface area contributed by atoms with Gasteiger partial charge in [0.25, 0.3) is 5.91 Å². The van der Waals surface area contributed by atoms with Gasteiger partial charge in [0.05, 0.1) is 0 Å². The fourth-order valence-corrected chi connectivity index (χ4v) is 2.09. The minimum atomic E-state index is -2.91. The zero-order valence-electron chi connectivity index (χ0n) is 13.3. The van der Waals surface area contributed by atoms with E-state index in [2.05, 4.69) is 10.1 Å². The molecule has 1 atom stereocenters. The van der Waals surface area contributed by atoms with Crippen molar-refractivity contribution in [1.29, 1.82) is 0 Å². The third kappa shape index (κ3) is 5.27. The number of halogens is 2. The van der Waals surface area contributed by atoms with Crippen LogP contribution in [0, 0.1) is 0 Å². The largest absolute Gasteiger partial charge is 0.449 e. The number of hydrogen-bond acceptors (Lipinski definition) is 5. The molecule has 2 rings (SSSR count). The van der Waals surface area contributed by atoms with E-state index in [4.69, 9.17) is 4.74 Å². The minimum absolute atomic E-state index is 0.00200. The molecule has 0 aliphatic carbocycles. The molecule has 9 heteroatoms. The molecule has 0 spiro atoms. The Morgan fingerprint density at radius 3 is 2.52 bits per heavy atom. The molecule has 1 heterocycles. The van der Waals surface area contributed by atoms with Crippen molar-refractivity contribution in [2.75, 3.05) is 13.1 Å². The molecule has 0 radical (unpaired) electrons. The number of carbonyl (C=O) groups excluding carboxylic acids is 3. The van der Waals surface area contributed by atoms with E-state index >= 15 is 0 Å². The van der Waals surface area contributed by atoms with Gasteiger partial charge in [0.2, 0.25) is 0 Å². The van der Waals surface area contributed by atoms with E-state index in [1.165, 1.54) is 37.3 Å². The predicted molar refractivity (Wildman–Crippen MR) is 82.8 cm³/mol. The standard InChI is InChI=1S/C16H16F2N2O5/c1-10(14(22)20-9-8-19-16(20)23)24-13(21)7-4-11-2-5-12(6-3-11)25-15(17)18/h2-7,10,15H,8-9H2,1H3,(H,19,23)/b7-4+/t10-/m0/s1. The number of nitrogens with one attached hydrogen (secondary N) is 1. The highest BCUT2D eigenvalue weighted by molar-refractivity contribution is 5.99. The van der Waals surface area contributed by atoms with Gasteiger partial charge in [-0.1, -0.05) is 12.1 Å². The zero-order chi connectivity index (χ0) is 18.4. The van der Waals surface area contributed by atoms with Crippen LogP contribution in [-0.4, -0.2) is 48.6 Å². The van der Waals surface area contributed by atoms with Gasteiger partial charge < -0.3 is 14.8 Å². The van der Waals surface area contributed by atoms with E-state index in [9.17, 15) is 23.2 Å². The number of alkyl halides is 2. The second-order valence-corrected chi connectivity index (χ2v) is 5.08. The maximum atomic E-state index is 12.0. The van der Waals surface area contributed by atoms with Gasteiger partial charge in [-0.2, -0.15) is 8.78 Å². The number of ether oxygens (including phenoxy) is 2. The molecule has 1 aromatic carbocycles. The summed E-state index contributed by atoms with van der Waals surface area (Å²) in [6.07, 6.45) is 1.38. The lowest BCUT2D eigenvalue weighted by Crippen LogP contribution is -2.41. The van der Waals surface area contributed by atoms with Crippen LogP contribution in [0.15, 0.2) is 30.3 Å². The monoisotopic (exact) mass is 354 g/mol. The summed E-state index contributed by atoms with van der Waals surface area (Å²) in [5, 5.41) is 2.48. The number of benzene rings is 1. The van der Waals surface area contributed by atoms with Crippen molar-refractivity contribution in [1.82, 2.24) is 10.2 Å². The third-order valence-electron chi connectivity index (χ3n) is 3.28. The highest BCUT2D eigenvalue weighted by Crippen LogP contribution is 2.15. The van der Waals surface area contributed by atoms with Crippen LogP contribution < -0.4 is 10.1 Å². The third-order valence-corrected chi connectivity index (χ3v) is 3.28. The molecule has 0 saturated carbocycles. The van der Waals surface area contributed by atoms with Gasteiger partial charge in [-0.15, -0.1) is 0 Å². The number of urea groups is 1. The molecule has 1 N–H and O–H groups in total. The lowest BCUT2D eigenvalue weighted by Gasteiger charge is -2.17. The average molecular weight is 354 g/mol. The van der Waals surface area contributed by atoms with Crippen molar-refractivity contribution in [2.45, 2.75) is 19.6 Å². The van der Waals surface area contributed by atoms with Crippen molar-refractivity contribution in [3.05, 3.63) is 35.9 Å². The lowest BCUT2D eigenvalue weighted by molar-refractivity contribution is -0.153. The summed E-state index contributed by atoms with van der Waals surface area (Å²) in [7, 11) is 0. The first-order valence-corrected chi connectivity index (χ1v) is 7.39. The summed E-state index contributed by atoms with van der Waals surface area (Å²) in [5.41, 5.74) is 0.552. The van der Waals surface area contributed by atoms with E-state index < -0.39 is 30.6 Å². The number of rotatable bonds is 6. The molecule has 1 aliphatic heterocycles. The van der Waals surface area contributed by atoms with E-state index in [0.29, 0.717) is 12.1 Å². The van der Waals surface area contributed by atoms with Gasteiger partial charge in [0.15, 0.2) is 6.10 Å². The Kier molecular flexibility index (Phi) is 6.04. The first kappa shape index (κ1) is 18.4. The number of amides is 3. The fraction of sp³-hybridized carbons (Fsp3) is 0.312. The topological polar surface area (TPSA) is 84.9 Å². The van der Waals surface area contributed by atoms with Gasteiger partial charge in [0, 0.05) is 19.2 Å². The average Bonchev–Trinajstić information content (AvgIpc) is 2.99. The summed E-state index contributed by atoms with van der Waals surface area (Å²) < 4.78 is 33.2. The first-order chi connectivity index (χ1) is 11.9. The van der Waals surface area contributed by atoms with Crippen LogP contribution in [-0.2, 0) is 14.3 Å². The maximum absolute atomic E-state index is 12.0. The van der Waals surface area contributed by atoms with E-state index in [0.717, 1.165) is 11.0 Å². The van der Waals surface area contributed by atoms with Crippen LogP contribution in [0.25, 0.3) is 6.08 Å². The van der Waals surface area contributed by atoms with E-state index in [1.54, 1.807) is 0 Å². The summed E-state index contributed by atoms with van der Waals surface area (Å²) in [6, 6.07) is 5.09. The molecular weight excluding hydrogens is 338 g/mol. The number of imide groups is 1. The Morgan fingerprint density at radius 2 is 1.96 bits per heavy atom. The molecule has 0 aromatic heterocycles. The Hall–Kier alpha value is -2.97. The first-order valence-electron chi connectivity index (χ1n) is 7.39. The van der Waals surface area contributed by atoms with Gasteiger partial charge >= 0.3 is 18.6 Å². The summed E-state index contributed by atoms with van der Waals surface area (Å²) in [6.45, 7) is -0.956. The molecule has 1 fully saturated rings. The second-order valence-electron chi connectivity index (χ2n) is 5.08. The molecular formula is C16H16F2N2O5. The maximum Gasteiger partial charge on any atom is 0.387 e. The van der Waals surface area contributed by atoms with Gasteiger partial charge in [-0.3, -0.25) is 9.69 Å². The highest BCUT2D eigenvalue weighted by atomic mass is 19.3. The molecule has 1 aromatic rings. The minimum Gasteiger partial charge on any atom is -0.449 e. The van der Waals surface area contributed by atoms with E-state index in [-0.39, 0.29) is 12.3 Å². The lowest BCUT2D eigenvalue weighted by atomic mass is 10.2. The smallest absolute Gasteiger partial charge is 0.387 e. The summed E-state index contributed by atoms with van der Waals surface area (Å²) in [5.74, 6) is -1.38. The number of hydrogen-bond donors (Lipinski definition) is 1. The quantitative estimate of drug-likeness (QED) is 0.622. The molecule has 7 nitrogen and oxygen atoms in total. The van der Waals surface area contributed by atoms with Crippen LogP contribution >= 0.6 is 0 Å². The fourth-order valence-electron chi connectivity index (χ4n) is 2.09. The van der Waals surface area contributed by atoms with Crippen LogP contribution in [0.3, 0.4) is 0 Å². The molecule has 0 bridgehead atoms. The molecule has 1 aliphatic rings. The van der Waals surface area contributed by atoms with Crippen LogP contribution in [0.1, 0.15) is 12.5 Å². The van der Waals surface area contributed by atoms with Gasteiger partial charge in [-0.25, -0.2) is 9.59 Å². The molecule has 0 unspecified atom stereocenters. The Bertz CT molecular complexity index is 676. The van der Waals surface area contributed by atoms with Crippen molar-refractivity contribution in [2.24, 2.45) is 0 Å². The molecule has 1 saturated heterocycles. The highest BCUT2D eigenvalue weighted by Gasteiger charge is 2.31. The zero-order valence-corrected chi connectivity index (χ0v) is 13.3. The van der Waals surface area contributed by atoms with Crippen LogP contribution in [0.2, 0.25) is 0 Å². The van der Waals surface area contributed by atoms with Gasteiger partial charge in [-0.05, 0) is 30.7 Å². The SMILES string of the molecule is C[C@H](OC(=O)/C=C/c1ccc(OC(F)F)cc1)C(=O)N1CCNC1=O. The normalized spacial score (nSPS) is 15.4. The molecule has 3 amide bonds. The number of esters is 1. The van der Waals surface area contributed by atoms with Crippen molar-refractivity contribution >= 4 is 24.0 Å². The summed E-state index contributed by atoms with van der Waals surface area (Å²) >= 11 is 0. The van der Waals surface area contributed by atoms with Crippen molar-refractivity contribution in [3.8, 4) is 5.75 Å². The predicted octanol–water partition coefficient (Wildman–Crippen LogP) is 1.78. The van der Waals surface area contributed by atoms with Crippen LogP contribution in [0.5, 0.6) is 5.75 Å². The van der Waals surface area contributed by atoms with Gasteiger partial charge in [0.1, 0.15) is 5.75 Å². The van der Waals surface area contributed by atoms with Crippen LogP contribution in [0.4, 0.5) is 13.6 Å². The Balaban J connectivity index is 1.87. The summed E-state index contributed by atoms with van der Waals surface area (Å²) in [4.78, 5) is 36.1. The van der Waals surface area contributed by atoms with Crippen molar-refractivity contribution in [3.63, 3.8) is 0 Å². The second kappa shape index (κ2) is 8.22. The number of nitrogens with zero attached hydrogens (tertiary/aromatic N) is 1. The Labute approximate surface area is 142 Å². The molecule has 134 valence electrons.